The van der Waals surface area contributed by atoms with Crippen LogP contribution in [0.15, 0.2) is 47.6 Å². The third-order valence-corrected chi connectivity index (χ3v) is 5.02. The first-order valence-electron chi connectivity index (χ1n) is 11.2. The molecular formula is C24H34FN5O2. The number of aromatic nitrogens is 1. The fourth-order valence-corrected chi connectivity index (χ4v) is 3.60. The van der Waals surface area contributed by atoms with Crippen LogP contribution in [0.3, 0.4) is 0 Å². The molecule has 1 aliphatic heterocycles. The Balaban J connectivity index is 1.52. The van der Waals surface area contributed by atoms with Crippen LogP contribution in [0.4, 0.5) is 10.2 Å². The zero-order chi connectivity index (χ0) is 22.9. The summed E-state index contributed by atoms with van der Waals surface area (Å²) < 4.78 is 24.6. The van der Waals surface area contributed by atoms with Gasteiger partial charge < -0.3 is 25.0 Å². The van der Waals surface area contributed by atoms with Crippen LogP contribution in [0.25, 0.3) is 0 Å². The van der Waals surface area contributed by atoms with Gasteiger partial charge in [0.25, 0.3) is 0 Å². The van der Waals surface area contributed by atoms with Gasteiger partial charge in [-0.2, -0.15) is 0 Å². The number of morpholine rings is 1. The average molecular weight is 444 g/mol. The minimum atomic E-state index is -0.277. The fraction of sp³-hybridized carbons (Fsp3) is 0.500. The molecule has 1 fully saturated rings. The zero-order valence-electron chi connectivity index (χ0n) is 19.3. The van der Waals surface area contributed by atoms with Crippen LogP contribution < -0.4 is 20.3 Å². The summed E-state index contributed by atoms with van der Waals surface area (Å²) in [5, 5.41) is 6.54. The van der Waals surface area contributed by atoms with Crippen molar-refractivity contribution in [3.8, 4) is 5.75 Å². The normalized spacial score (nSPS) is 20.0. The number of benzene rings is 1. The second kappa shape index (κ2) is 11.7. The van der Waals surface area contributed by atoms with E-state index in [0.717, 1.165) is 31.0 Å². The smallest absolute Gasteiger partial charge is 0.191 e. The number of hydrogen-bond acceptors (Lipinski definition) is 5. The Morgan fingerprint density at radius 1 is 1.19 bits per heavy atom. The Bertz CT molecular complexity index is 850. The molecule has 7 nitrogen and oxygen atoms in total. The highest BCUT2D eigenvalue weighted by molar-refractivity contribution is 5.79. The molecule has 1 aromatic carbocycles. The van der Waals surface area contributed by atoms with Crippen LogP contribution in [0, 0.1) is 5.82 Å². The molecule has 8 heteroatoms. The van der Waals surface area contributed by atoms with E-state index >= 15 is 0 Å². The molecule has 3 atom stereocenters. The van der Waals surface area contributed by atoms with Crippen LogP contribution >= 0.6 is 0 Å². The Kier molecular flexibility index (Phi) is 8.67. The highest BCUT2D eigenvalue weighted by atomic mass is 19.1. The van der Waals surface area contributed by atoms with Crippen molar-refractivity contribution >= 4 is 11.8 Å². The lowest BCUT2D eigenvalue weighted by Gasteiger charge is -2.36. The average Bonchev–Trinajstić information content (AvgIpc) is 2.77. The van der Waals surface area contributed by atoms with E-state index in [-0.39, 0.29) is 24.1 Å². The fourth-order valence-electron chi connectivity index (χ4n) is 3.60. The van der Waals surface area contributed by atoms with E-state index < -0.39 is 0 Å². The van der Waals surface area contributed by atoms with Crippen LogP contribution in [0.2, 0.25) is 0 Å². The monoisotopic (exact) mass is 443 g/mol. The standard InChI is InChI=1S/C24H34FN5O2/c1-5-26-24(28-12-17(2)32-22-9-7-21(25)8-10-22)29-14-20-6-11-23(27-13-20)30-15-18(3)31-19(4)16-30/h6-11,13,17-19H,5,12,14-16H2,1-4H3,(H2,26,28,29). The van der Waals surface area contributed by atoms with E-state index in [0.29, 0.717) is 24.8 Å². The number of guanidine groups is 1. The van der Waals surface area contributed by atoms with Crippen molar-refractivity contribution in [3.63, 3.8) is 0 Å². The van der Waals surface area contributed by atoms with Crippen LogP contribution in [-0.2, 0) is 11.3 Å². The SMILES string of the molecule is CCNC(=NCc1ccc(N2CC(C)OC(C)C2)nc1)NCC(C)Oc1ccc(F)cc1. The minimum Gasteiger partial charge on any atom is -0.489 e. The Morgan fingerprint density at radius 2 is 1.91 bits per heavy atom. The summed E-state index contributed by atoms with van der Waals surface area (Å²) in [4.78, 5) is 11.6. The van der Waals surface area contributed by atoms with Gasteiger partial charge in [0.15, 0.2) is 5.96 Å². The Hall–Kier alpha value is -2.87. The van der Waals surface area contributed by atoms with Crippen molar-refractivity contribution in [3.05, 3.63) is 54.0 Å². The van der Waals surface area contributed by atoms with Crippen molar-refractivity contribution in [1.82, 2.24) is 15.6 Å². The largest absolute Gasteiger partial charge is 0.489 e. The van der Waals surface area contributed by atoms with Crippen molar-refractivity contribution in [2.75, 3.05) is 31.1 Å². The number of ether oxygens (including phenoxy) is 2. The molecule has 1 aliphatic rings. The van der Waals surface area contributed by atoms with Gasteiger partial charge in [0.1, 0.15) is 23.5 Å². The van der Waals surface area contributed by atoms with Crippen LogP contribution in [0.5, 0.6) is 5.75 Å². The van der Waals surface area contributed by atoms with Gasteiger partial charge in [-0.15, -0.1) is 0 Å². The first kappa shape index (κ1) is 23.8. The molecule has 2 heterocycles. The molecule has 0 aliphatic carbocycles. The predicted octanol–water partition coefficient (Wildman–Crippen LogP) is 3.36. The van der Waals surface area contributed by atoms with E-state index in [9.17, 15) is 4.39 Å². The number of hydrogen-bond donors (Lipinski definition) is 2. The van der Waals surface area contributed by atoms with E-state index in [1.165, 1.54) is 12.1 Å². The summed E-state index contributed by atoms with van der Waals surface area (Å²) in [5.74, 6) is 2.04. The molecule has 0 radical (unpaired) electrons. The molecular weight excluding hydrogens is 409 g/mol. The molecule has 2 aromatic rings. The summed E-state index contributed by atoms with van der Waals surface area (Å²) in [6.45, 7) is 11.7. The zero-order valence-corrected chi connectivity index (χ0v) is 19.3. The molecule has 1 saturated heterocycles. The van der Waals surface area contributed by atoms with Crippen molar-refractivity contribution in [2.24, 2.45) is 4.99 Å². The maximum atomic E-state index is 13.0. The lowest BCUT2D eigenvalue weighted by Crippen LogP contribution is -2.45. The number of nitrogens with zero attached hydrogens (tertiary/aromatic N) is 3. The molecule has 2 N–H and O–H groups in total. The van der Waals surface area contributed by atoms with E-state index in [1.54, 1.807) is 12.1 Å². The van der Waals surface area contributed by atoms with Crippen molar-refractivity contribution in [1.29, 1.82) is 0 Å². The third-order valence-electron chi connectivity index (χ3n) is 5.02. The lowest BCUT2D eigenvalue weighted by atomic mass is 10.2. The van der Waals surface area contributed by atoms with Crippen LogP contribution in [0.1, 0.15) is 33.3 Å². The highest BCUT2D eigenvalue weighted by Gasteiger charge is 2.22. The summed E-state index contributed by atoms with van der Waals surface area (Å²) >= 11 is 0. The van der Waals surface area contributed by atoms with Gasteiger partial charge >= 0.3 is 0 Å². The van der Waals surface area contributed by atoms with E-state index in [4.69, 9.17) is 9.47 Å². The number of rotatable bonds is 8. The van der Waals surface area contributed by atoms with Gasteiger partial charge in [-0.1, -0.05) is 6.07 Å². The first-order chi connectivity index (χ1) is 15.4. The number of anilines is 1. The molecule has 0 bridgehead atoms. The number of nitrogens with one attached hydrogen (secondary N) is 2. The number of halogens is 1. The minimum absolute atomic E-state index is 0.108. The summed E-state index contributed by atoms with van der Waals surface area (Å²) in [7, 11) is 0. The lowest BCUT2D eigenvalue weighted by molar-refractivity contribution is -0.00546. The molecule has 3 unspecified atom stereocenters. The highest BCUT2D eigenvalue weighted by Crippen LogP contribution is 2.18. The Labute approximate surface area is 190 Å². The summed E-state index contributed by atoms with van der Waals surface area (Å²) in [6, 6.07) is 10.1. The van der Waals surface area contributed by atoms with Crippen molar-refractivity contribution < 1.29 is 13.9 Å². The molecule has 0 saturated carbocycles. The second-order valence-electron chi connectivity index (χ2n) is 8.15. The number of aliphatic imine (C=N–C) groups is 1. The van der Waals surface area contributed by atoms with Crippen molar-refractivity contribution in [2.45, 2.75) is 52.6 Å². The maximum absolute atomic E-state index is 13.0. The molecule has 0 amide bonds. The third kappa shape index (κ3) is 7.37. The van der Waals surface area contributed by atoms with Gasteiger partial charge in [-0.3, -0.25) is 0 Å². The molecule has 0 spiro atoms. The molecule has 1 aromatic heterocycles. The first-order valence-corrected chi connectivity index (χ1v) is 11.2. The molecule has 3 rings (SSSR count). The number of pyridine rings is 1. The Morgan fingerprint density at radius 3 is 2.53 bits per heavy atom. The van der Waals surface area contributed by atoms with Gasteiger partial charge in [-0.05, 0) is 63.6 Å². The maximum Gasteiger partial charge on any atom is 0.191 e. The summed E-state index contributed by atoms with van der Waals surface area (Å²) in [6.07, 6.45) is 2.18. The second-order valence-corrected chi connectivity index (χ2v) is 8.15. The van der Waals surface area contributed by atoms with E-state index in [2.05, 4.69) is 51.5 Å². The van der Waals surface area contributed by atoms with Gasteiger partial charge in [0.2, 0.25) is 0 Å². The molecule has 174 valence electrons. The van der Waals surface area contributed by atoms with Gasteiger partial charge in [0, 0.05) is 25.8 Å². The van der Waals surface area contributed by atoms with Gasteiger partial charge in [0.05, 0.1) is 25.3 Å². The molecule has 32 heavy (non-hydrogen) atoms. The van der Waals surface area contributed by atoms with E-state index in [1.807, 2.05) is 20.0 Å². The topological polar surface area (TPSA) is 71.0 Å². The quantitative estimate of drug-likeness (QED) is 0.482. The van der Waals surface area contributed by atoms with Gasteiger partial charge in [-0.25, -0.2) is 14.4 Å². The predicted molar refractivity (Wildman–Crippen MR) is 126 cm³/mol. The summed E-state index contributed by atoms with van der Waals surface area (Å²) in [5.41, 5.74) is 1.04. The van der Waals surface area contributed by atoms with Crippen LogP contribution in [-0.4, -0.2) is 55.4 Å².